The van der Waals surface area contributed by atoms with Crippen LogP contribution >= 0.6 is 0 Å². The molecule has 0 unspecified atom stereocenters. The van der Waals surface area contributed by atoms with Crippen LogP contribution in [-0.2, 0) is 5.41 Å². The van der Waals surface area contributed by atoms with Crippen LogP contribution in [0.5, 0.6) is 0 Å². The first-order valence-corrected chi connectivity index (χ1v) is 15.9. The summed E-state index contributed by atoms with van der Waals surface area (Å²) in [5.74, 6) is 0. The molecule has 1 aliphatic rings. The zero-order valence-electron chi connectivity index (χ0n) is 25.6. The Balaban J connectivity index is 1.31. The first kappa shape index (κ1) is 27.0. The van der Waals surface area contributed by atoms with Crippen LogP contribution in [0.15, 0.2) is 176 Å². The van der Waals surface area contributed by atoms with Crippen LogP contribution < -0.4 is 4.90 Å². The van der Waals surface area contributed by atoms with Gasteiger partial charge in [0.15, 0.2) is 0 Å². The minimum Gasteiger partial charge on any atom is -0.310 e. The highest BCUT2D eigenvalue weighted by atomic mass is 15.2. The van der Waals surface area contributed by atoms with Gasteiger partial charge in [-0.15, -0.1) is 0 Å². The molecule has 220 valence electrons. The van der Waals surface area contributed by atoms with Gasteiger partial charge < -0.3 is 9.47 Å². The van der Waals surface area contributed by atoms with Crippen molar-refractivity contribution in [1.29, 1.82) is 5.26 Å². The van der Waals surface area contributed by atoms with Gasteiger partial charge in [-0.3, -0.25) is 0 Å². The third kappa shape index (κ3) is 3.92. The molecular weight excluding hydrogens is 571 g/mol. The zero-order chi connectivity index (χ0) is 31.4. The van der Waals surface area contributed by atoms with Crippen molar-refractivity contribution in [3.05, 3.63) is 204 Å². The highest BCUT2D eigenvalue weighted by Crippen LogP contribution is 2.57. The Bertz CT molecular complexity index is 2400. The molecule has 3 nitrogen and oxygen atoms in total. The SMILES string of the molecule is N#Cc1ccc2c(c1)c1ccccc1n2-c1cccc(N2c3ccccc3C(c3ccccc3)(c3ccccc3)c3ccccc32)c1. The average Bonchev–Trinajstić information content (AvgIpc) is 3.48. The Morgan fingerprint density at radius 1 is 0.447 bits per heavy atom. The molecule has 0 saturated heterocycles. The molecule has 0 spiro atoms. The number of fused-ring (bicyclic) bond motifs is 5. The van der Waals surface area contributed by atoms with Gasteiger partial charge in [0.2, 0.25) is 0 Å². The standard InChI is InChI=1S/C44H29N3/c45-30-31-26-27-41-37(28-31)36-20-7-10-23-40(36)46(41)34-18-13-19-35(29-34)47-42-24-11-8-21-38(42)44(32-14-3-1-4-15-32,33-16-5-2-6-17-33)39-22-9-12-25-43(39)47/h1-29H. The van der Waals surface area contributed by atoms with Crippen molar-refractivity contribution in [2.75, 3.05) is 4.90 Å². The summed E-state index contributed by atoms with van der Waals surface area (Å²) in [6.45, 7) is 0. The van der Waals surface area contributed by atoms with Crippen LogP contribution in [0.3, 0.4) is 0 Å². The third-order valence-corrected chi connectivity index (χ3v) is 9.66. The summed E-state index contributed by atoms with van der Waals surface area (Å²) in [4.78, 5) is 2.42. The van der Waals surface area contributed by atoms with E-state index in [0.29, 0.717) is 5.56 Å². The van der Waals surface area contributed by atoms with Gasteiger partial charge >= 0.3 is 0 Å². The Hall–Kier alpha value is -6.37. The maximum Gasteiger partial charge on any atom is 0.0991 e. The van der Waals surface area contributed by atoms with Gasteiger partial charge in [-0.25, -0.2) is 0 Å². The quantitative estimate of drug-likeness (QED) is 0.202. The molecule has 2 heterocycles. The largest absolute Gasteiger partial charge is 0.310 e. The molecule has 9 rings (SSSR count). The molecule has 3 heteroatoms. The maximum absolute atomic E-state index is 9.65. The van der Waals surface area contributed by atoms with Crippen LogP contribution in [0.25, 0.3) is 27.5 Å². The number of benzene rings is 7. The van der Waals surface area contributed by atoms with Gasteiger partial charge in [0, 0.05) is 22.1 Å². The Kier molecular flexibility index (Phi) is 6.10. The van der Waals surface area contributed by atoms with Gasteiger partial charge in [-0.2, -0.15) is 5.26 Å². The first-order valence-electron chi connectivity index (χ1n) is 15.9. The van der Waals surface area contributed by atoms with Gasteiger partial charge in [0.25, 0.3) is 0 Å². The van der Waals surface area contributed by atoms with Crippen molar-refractivity contribution in [3.63, 3.8) is 0 Å². The zero-order valence-corrected chi connectivity index (χ0v) is 25.6. The van der Waals surface area contributed by atoms with Crippen LogP contribution in [0.1, 0.15) is 27.8 Å². The monoisotopic (exact) mass is 599 g/mol. The minimum absolute atomic E-state index is 0.505. The second-order valence-electron chi connectivity index (χ2n) is 12.1. The van der Waals surface area contributed by atoms with E-state index in [9.17, 15) is 5.26 Å². The lowest BCUT2D eigenvalue weighted by atomic mass is 9.62. The van der Waals surface area contributed by atoms with Crippen LogP contribution in [0, 0.1) is 11.3 Å². The highest BCUT2D eigenvalue weighted by Gasteiger charge is 2.46. The number of hydrogen-bond acceptors (Lipinski definition) is 2. The summed E-state index contributed by atoms with van der Waals surface area (Å²) in [5, 5.41) is 11.9. The molecule has 0 fully saturated rings. The van der Waals surface area contributed by atoms with Crippen molar-refractivity contribution in [3.8, 4) is 11.8 Å². The number of nitriles is 1. The molecule has 0 bridgehead atoms. The molecule has 0 radical (unpaired) electrons. The van der Waals surface area contributed by atoms with E-state index < -0.39 is 5.41 Å². The van der Waals surface area contributed by atoms with Crippen molar-refractivity contribution >= 4 is 38.9 Å². The van der Waals surface area contributed by atoms with E-state index >= 15 is 0 Å². The van der Waals surface area contributed by atoms with Crippen molar-refractivity contribution in [2.24, 2.45) is 0 Å². The van der Waals surface area contributed by atoms with Gasteiger partial charge in [0.05, 0.1) is 39.5 Å². The Labute approximate surface area is 273 Å². The molecular formula is C44H29N3. The molecule has 47 heavy (non-hydrogen) atoms. The van der Waals surface area contributed by atoms with Crippen molar-refractivity contribution < 1.29 is 0 Å². The normalized spacial score (nSPS) is 13.2. The van der Waals surface area contributed by atoms with Crippen molar-refractivity contribution in [2.45, 2.75) is 5.41 Å². The highest BCUT2D eigenvalue weighted by molar-refractivity contribution is 6.09. The Morgan fingerprint density at radius 3 is 1.66 bits per heavy atom. The lowest BCUT2D eigenvalue weighted by molar-refractivity contribution is 0.731. The molecule has 7 aromatic carbocycles. The average molecular weight is 600 g/mol. The lowest BCUT2D eigenvalue weighted by Crippen LogP contribution is -2.37. The molecule has 1 aliphatic heterocycles. The van der Waals surface area contributed by atoms with E-state index in [-0.39, 0.29) is 0 Å². The maximum atomic E-state index is 9.65. The molecule has 1 aromatic heterocycles. The minimum atomic E-state index is -0.505. The number of aromatic nitrogens is 1. The van der Waals surface area contributed by atoms with E-state index in [1.165, 1.54) is 22.3 Å². The summed E-state index contributed by atoms with van der Waals surface area (Å²) in [6, 6.07) is 65.1. The summed E-state index contributed by atoms with van der Waals surface area (Å²) in [5.41, 5.74) is 11.7. The molecule has 0 aliphatic carbocycles. The first-order chi connectivity index (χ1) is 23.3. The summed E-state index contributed by atoms with van der Waals surface area (Å²) < 4.78 is 2.31. The van der Waals surface area contributed by atoms with Crippen LogP contribution in [0.4, 0.5) is 17.1 Å². The van der Waals surface area contributed by atoms with E-state index in [0.717, 1.165) is 44.6 Å². The van der Waals surface area contributed by atoms with E-state index in [1.54, 1.807) is 0 Å². The van der Waals surface area contributed by atoms with E-state index in [2.05, 4.69) is 179 Å². The fourth-order valence-corrected chi connectivity index (χ4v) is 7.78. The van der Waals surface area contributed by atoms with Crippen molar-refractivity contribution in [1.82, 2.24) is 4.57 Å². The summed E-state index contributed by atoms with van der Waals surface area (Å²) in [6.07, 6.45) is 0. The number of para-hydroxylation sites is 3. The van der Waals surface area contributed by atoms with E-state index in [1.807, 2.05) is 12.1 Å². The van der Waals surface area contributed by atoms with Gasteiger partial charge in [0.1, 0.15) is 0 Å². The third-order valence-electron chi connectivity index (χ3n) is 9.66. The number of anilines is 3. The number of rotatable bonds is 4. The molecule has 8 aromatic rings. The topological polar surface area (TPSA) is 32.0 Å². The smallest absolute Gasteiger partial charge is 0.0991 e. The van der Waals surface area contributed by atoms with Crippen LogP contribution in [0.2, 0.25) is 0 Å². The fraction of sp³-hybridized carbons (Fsp3) is 0.0227. The van der Waals surface area contributed by atoms with E-state index in [4.69, 9.17) is 0 Å². The second-order valence-corrected chi connectivity index (χ2v) is 12.1. The summed E-state index contributed by atoms with van der Waals surface area (Å²) in [7, 11) is 0. The molecule has 0 saturated carbocycles. The lowest BCUT2D eigenvalue weighted by Gasteiger charge is -2.46. The Morgan fingerprint density at radius 2 is 1.00 bits per heavy atom. The number of nitrogens with zero attached hydrogens (tertiary/aromatic N) is 3. The predicted octanol–water partition coefficient (Wildman–Crippen LogP) is 10.8. The molecule has 0 N–H and O–H groups in total. The number of hydrogen-bond donors (Lipinski definition) is 0. The fourth-order valence-electron chi connectivity index (χ4n) is 7.78. The predicted molar refractivity (Wildman–Crippen MR) is 192 cm³/mol. The van der Waals surface area contributed by atoms with Gasteiger partial charge in [-0.1, -0.05) is 121 Å². The van der Waals surface area contributed by atoms with Gasteiger partial charge in [-0.05, 0) is 76.9 Å². The second kappa shape index (κ2) is 10.6. The molecule has 0 amide bonds. The summed E-state index contributed by atoms with van der Waals surface area (Å²) >= 11 is 0. The molecule has 0 atom stereocenters. The van der Waals surface area contributed by atoms with Crippen LogP contribution in [-0.4, -0.2) is 4.57 Å².